The van der Waals surface area contributed by atoms with Crippen LogP contribution in [0.4, 0.5) is 0 Å². The number of unbranched alkanes of at least 4 members (excludes halogenated alkanes) is 4. The second-order valence-electron chi connectivity index (χ2n) is 11.5. The van der Waals surface area contributed by atoms with Crippen molar-refractivity contribution in [2.75, 3.05) is 13.2 Å². The quantitative estimate of drug-likeness (QED) is 0.205. The van der Waals surface area contributed by atoms with Gasteiger partial charge in [-0.05, 0) is 50.4 Å². The smallest absolute Gasteiger partial charge is 0.0805 e. The summed E-state index contributed by atoms with van der Waals surface area (Å²) < 4.78 is 12.4. The van der Waals surface area contributed by atoms with Crippen LogP contribution < -0.4 is 0 Å². The molecule has 0 aromatic rings. The van der Waals surface area contributed by atoms with Crippen molar-refractivity contribution in [1.29, 1.82) is 0 Å². The highest BCUT2D eigenvalue weighted by Crippen LogP contribution is 2.34. The van der Waals surface area contributed by atoms with Crippen molar-refractivity contribution >= 4 is 0 Å². The predicted octanol–water partition coefficient (Wildman–Crippen LogP) is 9.35. The van der Waals surface area contributed by atoms with E-state index in [1.54, 1.807) is 0 Å². The van der Waals surface area contributed by atoms with Gasteiger partial charge in [0.25, 0.3) is 0 Å². The molecule has 2 unspecified atom stereocenters. The van der Waals surface area contributed by atoms with E-state index in [1.807, 2.05) is 0 Å². The molecule has 0 aromatic carbocycles. The monoisotopic (exact) mass is 450 g/mol. The molecular formula is C30H58O2. The summed E-state index contributed by atoms with van der Waals surface area (Å²) in [5.41, 5.74) is 0. The van der Waals surface area contributed by atoms with Crippen molar-refractivity contribution in [2.45, 2.75) is 155 Å². The van der Waals surface area contributed by atoms with Crippen LogP contribution in [0.5, 0.6) is 0 Å². The zero-order valence-corrected chi connectivity index (χ0v) is 22.4. The molecule has 0 bridgehead atoms. The first kappa shape index (κ1) is 28.2. The van der Waals surface area contributed by atoms with Crippen LogP contribution in [-0.2, 0) is 9.47 Å². The van der Waals surface area contributed by atoms with Crippen molar-refractivity contribution in [3.63, 3.8) is 0 Å². The van der Waals surface area contributed by atoms with E-state index < -0.39 is 0 Å². The Kier molecular flexibility index (Phi) is 15.3. The Morgan fingerprint density at radius 1 is 0.500 bits per heavy atom. The fraction of sp³-hybridized carbons (Fsp3) is 1.00. The van der Waals surface area contributed by atoms with Gasteiger partial charge in [-0.1, -0.05) is 117 Å². The highest BCUT2D eigenvalue weighted by Gasteiger charge is 2.23. The molecule has 2 heteroatoms. The third kappa shape index (κ3) is 11.9. The highest BCUT2D eigenvalue weighted by molar-refractivity contribution is 4.74. The normalized spacial score (nSPS) is 28.5. The third-order valence-electron chi connectivity index (χ3n) is 8.84. The molecule has 2 nitrogen and oxygen atoms in total. The molecule has 2 atom stereocenters. The van der Waals surface area contributed by atoms with E-state index in [2.05, 4.69) is 27.7 Å². The molecule has 0 amide bonds. The molecule has 0 heterocycles. The maximum Gasteiger partial charge on any atom is 0.0805 e. The summed E-state index contributed by atoms with van der Waals surface area (Å²) in [6.07, 6.45) is 25.9. The maximum atomic E-state index is 6.19. The number of rotatable bonds is 17. The first-order valence-corrected chi connectivity index (χ1v) is 14.8. The second kappa shape index (κ2) is 17.4. The van der Waals surface area contributed by atoms with Crippen molar-refractivity contribution in [3.05, 3.63) is 0 Å². The van der Waals surface area contributed by atoms with E-state index >= 15 is 0 Å². The van der Waals surface area contributed by atoms with E-state index in [4.69, 9.17) is 9.47 Å². The average Bonchev–Trinajstić information content (AvgIpc) is 2.81. The summed E-state index contributed by atoms with van der Waals surface area (Å²) in [6.45, 7) is 10.9. The van der Waals surface area contributed by atoms with Gasteiger partial charge in [0.15, 0.2) is 0 Å². The molecule has 2 saturated carbocycles. The summed E-state index contributed by atoms with van der Waals surface area (Å²) in [5, 5.41) is 0. The van der Waals surface area contributed by atoms with Crippen LogP contribution in [0, 0.1) is 23.7 Å². The minimum Gasteiger partial charge on any atom is -0.376 e. The summed E-state index contributed by atoms with van der Waals surface area (Å²) in [7, 11) is 0. The van der Waals surface area contributed by atoms with Gasteiger partial charge in [-0.2, -0.15) is 0 Å². The third-order valence-corrected chi connectivity index (χ3v) is 8.84. The van der Waals surface area contributed by atoms with Gasteiger partial charge in [-0.25, -0.2) is 0 Å². The van der Waals surface area contributed by atoms with Gasteiger partial charge in [0.1, 0.15) is 0 Å². The van der Waals surface area contributed by atoms with Gasteiger partial charge in [0.05, 0.1) is 12.2 Å². The molecule has 0 aliphatic heterocycles. The van der Waals surface area contributed by atoms with Gasteiger partial charge in [-0.3, -0.25) is 0 Å². The minimum absolute atomic E-state index is 0.217. The van der Waals surface area contributed by atoms with E-state index in [0.29, 0.717) is 0 Å². The van der Waals surface area contributed by atoms with Crippen molar-refractivity contribution in [1.82, 2.24) is 0 Å². The first-order valence-electron chi connectivity index (χ1n) is 14.8. The number of ether oxygens (including phenoxy) is 2. The van der Waals surface area contributed by atoms with E-state index in [9.17, 15) is 0 Å². The molecule has 0 radical (unpaired) electrons. The molecule has 0 aromatic heterocycles. The van der Waals surface area contributed by atoms with E-state index in [0.717, 1.165) is 36.9 Å². The lowest BCUT2D eigenvalue weighted by atomic mass is 9.78. The average molecular weight is 451 g/mol. The van der Waals surface area contributed by atoms with E-state index in [1.165, 1.54) is 116 Å². The Labute approximate surface area is 202 Å². The fourth-order valence-corrected chi connectivity index (χ4v) is 6.10. The van der Waals surface area contributed by atoms with Gasteiger partial charge >= 0.3 is 0 Å². The van der Waals surface area contributed by atoms with Crippen molar-refractivity contribution in [2.24, 2.45) is 23.7 Å². The molecular weight excluding hydrogens is 392 g/mol. The van der Waals surface area contributed by atoms with Gasteiger partial charge in [0, 0.05) is 13.2 Å². The van der Waals surface area contributed by atoms with Crippen LogP contribution in [0.2, 0.25) is 0 Å². The topological polar surface area (TPSA) is 18.5 Å². The molecule has 0 saturated heterocycles. The van der Waals surface area contributed by atoms with Crippen LogP contribution >= 0.6 is 0 Å². The molecule has 32 heavy (non-hydrogen) atoms. The summed E-state index contributed by atoms with van der Waals surface area (Å²) in [6, 6.07) is 0. The summed E-state index contributed by atoms with van der Waals surface area (Å²) >= 11 is 0. The van der Waals surface area contributed by atoms with Crippen molar-refractivity contribution in [3.8, 4) is 0 Å². The lowest BCUT2D eigenvalue weighted by molar-refractivity contribution is -0.0631. The van der Waals surface area contributed by atoms with Crippen LogP contribution in [0.25, 0.3) is 0 Å². The maximum absolute atomic E-state index is 6.19. The minimum atomic E-state index is 0.217. The largest absolute Gasteiger partial charge is 0.376 e. The molecule has 0 spiro atoms. The second-order valence-corrected chi connectivity index (χ2v) is 11.5. The molecule has 0 N–H and O–H groups in total. The molecule has 2 fully saturated rings. The first-order chi connectivity index (χ1) is 15.6. The van der Waals surface area contributed by atoms with Crippen LogP contribution in [-0.4, -0.2) is 25.4 Å². The molecule has 2 aliphatic carbocycles. The standard InChI is InChI=1S/C30H58O2/c1-5-7-9-11-27-13-17-29(18-14-27)21-23-31-25(3)26(4)32-24-22-30-19-15-28(16-20-30)12-10-8-6-2/h25-30H,5-24H2,1-4H3/t25?,26?,27-,28?,29-,30?. The summed E-state index contributed by atoms with van der Waals surface area (Å²) in [5.74, 6) is 3.83. The Morgan fingerprint density at radius 2 is 0.812 bits per heavy atom. The van der Waals surface area contributed by atoms with E-state index in [-0.39, 0.29) is 12.2 Å². The zero-order valence-electron chi connectivity index (χ0n) is 22.4. The molecule has 2 rings (SSSR count). The lowest BCUT2D eigenvalue weighted by Crippen LogP contribution is -2.28. The molecule has 2 aliphatic rings. The Balaban J connectivity index is 1.45. The molecule has 190 valence electrons. The SMILES string of the molecule is CCCCCC1CCC(CCOC(C)C(C)OCC[C@H]2CC[C@H](CCCCC)CC2)CC1. The summed E-state index contributed by atoms with van der Waals surface area (Å²) in [4.78, 5) is 0. The zero-order chi connectivity index (χ0) is 23.0. The van der Waals surface area contributed by atoms with Gasteiger partial charge in [-0.15, -0.1) is 0 Å². The van der Waals surface area contributed by atoms with Crippen LogP contribution in [0.1, 0.15) is 143 Å². The van der Waals surface area contributed by atoms with Gasteiger partial charge in [0.2, 0.25) is 0 Å². The number of hydrogen-bond donors (Lipinski definition) is 0. The van der Waals surface area contributed by atoms with Crippen LogP contribution in [0.3, 0.4) is 0 Å². The van der Waals surface area contributed by atoms with Crippen molar-refractivity contribution < 1.29 is 9.47 Å². The Morgan fingerprint density at radius 3 is 1.12 bits per heavy atom. The van der Waals surface area contributed by atoms with Crippen LogP contribution in [0.15, 0.2) is 0 Å². The fourth-order valence-electron chi connectivity index (χ4n) is 6.10. The Bertz CT molecular complexity index is 381. The predicted molar refractivity (Wildman–Crippen MR) is 139 cm³/mol. The highest BCUT2D eigenvalue weighted by atomic mass is 16.5. The lowest BCUT2D eigenvalue weighted by Gasteiger charge is -2.30. The number of hydrogen-bond acceptors (Lipinski definition) is 2. The Hall–Kier alpha value is -0.0800. The van der Waals surface area contributed by atoms with Gasteiger partial charge < -0.3 is 9.47 Å².